The fourth-order valence-corrected chi connectivity index (χ4v) is 32.2. The first-order valence-corrected chi connectivity index (χ1v) is 42.7. The molecule has 0 heterocycles. The van der Waals surface area contributed by atoms with Crippen LogP contribution >= 0.6 is 47.0 Å². The van der Waals surface area contributed by atoms with Gasteiger partial charge in [0.05, 0.1) is 89.8 Å². The van der Waals surface area contributed by atoms with Crippen LogP contribution in [0.5, 0.6) is 0 Å². The molecule has 0 aromatic carbocycles. The fraction of sp³-hybridized carbons (Fsp3) is 0.900. The molecule has 0 rings (SSSR count). The molecule has 8 nitrogen and oxygen atoms in total. The van der Waals surface area contributed by atoms with Gasteiger partial charge in [-0.2, -0.15) is 47.0 Å². The van der Waals surface area contributed by atoms with E-state index in [1.165, 1.54) is 74.0 Å². The first kappa shape index (κ1) is 57.4. The summed E-state index contributed by atoms with van der Waals surface area (Å²) in [6.07, 6.45) is 5.20. The molecule has 0 aliphatic rings. The van der Waals surface area contributed by atoms with Crippen LogP contribution in [0.3, 0.4) is 0 Å². The SMILES string of the molecule is CCOC(=O)CSC[Si](C)(C)CCC[Si](CCC[Si](C)(C)CSCC(=O)OCC)(CCC[Si](C)(C)CSCC(=O)OCC)CCC[Si](C)(C)CSCC(=O)OCC. The second-order valence-electron chi connectivity index (χ2n) is 18.8. The number of carbonyl (C=O) groups is 4. The molecule has 0 bridgehead atoms. The Morgan fingerprint density at radius 2 is 0.544 bits per heavy atom. The molecule has 0 N–H and O–H groups in total. The monoisotopic (exact) mass is 960 g/mol. The van der Waals surface area contributed by atoms with Crippen molar-refractivity contribution >= 4 is 111 Å². The van der Waals surface area contributed by atoms with Crippen molar-refractivity contribution in [1.29, 1.82) is 0 Å². The highest BCUT2D eigenvalue weighted by Crippen LogP contribution is 2.38. The van der Waals surface area contributed by atoms with Crippen LogP contribution in [0.2, 0.25) is 101 Å². The summed E-state index contributed by atoms with van der Waals surface area (Å²) in [4.78, 5) is 48.2. The molecule has 0 spiro atoms. The lowest BCUT2D eigenvalue weighted by atomic mass is 10.5. The number of esters is 4. The Balaban J connectivity index is 6.09. The van der Waals surface area contributed by atoms with Crippen molar-refractivity contribution in [3.8, 4) is 0 Å². The van der Waals surface area contributed by atoms with Crippen molar-refractivity contribution in [1.82, 2.24) is 0 Å². The number of carbonyl (C=O) groups excluding carboxylic acids is 4. The maximum atomic E-state index is 12.1. The zero-order valence-corrected chi connectivity index (χ0v) is 46.6. The number of hydrogen-bond acceptors (Lipinski definition) is 12. The van der Waals surface area contributed by atoms with Gasteiger partial charge >= 0.3 is 23.9 Å². The van der Waals surface area contributed by atoms with Gasteiger partial charge in [0.15, 0.2) is 0 Å². The summed E-state index contributed by atoms with van der Waals surface area (Å²) >= 11 is 7.07. The van der Waals surface area contributed by atoms with E-state index >= 15 is 0 Å². The van der Waals surface area contributed by atoms with Gasteiger partial charge in [-0.05, 0) is 49.2 Å². The first-order valence-electron chi connectivity index (χ1n) is 21.6. The Morgan fingerprint density at radius 3 is 0.719 bits per heavy atom. The van der Waals surface area contributed by atoms with Gasteiger partial charge in [0.25, 0.3) is 0 Å². The van der Waals surface area contributed by atoms with E-state index in [4.69, 9.17) is 18.9 Å². The molecule has 57 heavy (non-hydrogen) atoms. The Hall–Kier alpha value is 0.364. The predicted molar refractivity (Wildman–Crippen MR) is 268 cm³/mol. The maximum absolute atomic E-state index is 12.1. The van der Waals surface area contributed by atoms with Crippen LogP contribution in [-0.2, 0) is 38.1 Å². The van der Waals surface area contributed by atoms with Gasteiger partial charge in [-0.25, -0.2) is 0 Å². The summed E-state index contributed by atoms with van der Waals surface area (Å²) in [6, 6.07) is 10.8. The highest BCUT2D eigenvalue weighted by atomic mass is 32.2. The summed E-state index contributed by atoms with van der Waals surface area (Å²) in [7, 11) is -7.63. The number of ether oxygens (including phenoxy) is 4. The highest BCUT2D eigenvalue weighted by molar-refractivity contribution is 8.02. The summed E-state index contributed by atoms with van der Waals surface area (Å²) in [6.45, 7) is 29.2. The number of rotatable bonds is 36. The van der Waals surface area contributed by atoms with E-state index in [0.717, 1.165) is 21.5 Å². The van der Waals surface area contributed by atoms with Crippen LogP contribution in [0.15, 0.2) is 0 Å². The van der Waals surface area contributed by atoms with Crippen molar-refractivity contribution in [2.24, 2.45) is 0 Å². The standard InChI is InChI=1S/C40H84O8S4Si5/c1-13-45-37(41)29-49-33-53(5,6)21-17-25-57(26-18-22-54(7,8)34-50-30-38(42)46-14-2,27-19-23-55(9,10)35-51-31-39(43)47-15-3)28-20-24-56(11,12)36-52-32-40(44)48-16-4/h13-36H2,1-12H3. The van der Waals surface area contributed by atoms with E-state index in [9.17, 15) is 19.2 Å². The highest BCUT2D eigenvalue weighted by Gasteiger charge is 2.35. The van der Waals surface area contributed by atoms with E-state index in [0.29, 0.717) is 49.4 Å². The average molecular weight is 962 g/mol. The molecular formula is C40H84O8S4Si5. The lowest BCUT2D eigenvalue weighted by Crippen LogP contribution is -2.39. The summed E-state index contributed by atoms with van der Waals surface area (Å²) < 4.78 is 20.8. The zero-order valence-electron chi connectivity index (χ0n) is 38.4. The van der Waals surface area contributed by atoms with Crippen molar-refractivity contribution in [3.63, 3.8) is 0 Å². The maximum Gasteiger partial charge on any atom is 0.315 e. The molecule has 0 aliphatic carbocycles. The van der Waals surface area contributed by atoms with Crippen molar-refractivity contribution in [3.05, 3.63) is 0 Å². The lowest BCUT2D eigenvalue weighted by molar-refractivity contribution is -0.140. The molecule has 17 heteroatoms. The Labute approximate surface area is 371 Å². The second-order valence-corrected chi connectivity index (χ2v) is 50.5. The van der Waals surface area contributed by atoms with Crippen molar-refractivity contribution in [2.75, 3.05) is 70.9 Å². The van der Waals surface area contributed by atoms with Gasteiger partial charge in [-0.15, -0.1) is 0 Å². The zero-order chi connectivity index (χ0) is 43.4. The average Bonchev–Trinajstić information content (AvgIpc) is 3.08. The molecular weight excluding hydrogens is 877 g/mol. The molecule has 0 aromatic rings. The third-order valence-corrected chi connectivity index (χ3v) is 40.3. The van der Waals surface area contributed by atoms with Crippen LogP contribution in [0, 0.1) is 0 Å². The summed E-state index contributed by atoms with van der Waals surface area (Å²) in [5.41, 5.74) is 0. The van der Waals surface area contributed by atoms with Gasteiger partial charge in [0, 0.05) is 0 Å². The molecule has 0 saturated heterocycles. The second kappa shape index (κ2) is 31.2. The molecule has 0 saturated carbocycles. The van der Waals surface area contributed by atoms with Crippen molar-refractivity contribution < 1.29 is 38.1 Å². The minimum Gasteiger partial charge on any atom is -0.465 e. The van der Waals surface area contributed by atoms with Gasteiger partial charge in [-0.3, -0.25) is 19.2 Å². The topological polar surface area (TPSA) is 105 Å². The van der Waals surface area contributed by atoms with Gasteiger partial charge in [0.1, 0.15) is 0 Å². The number of hydrogen-bond donors (Lipinski definition) is 0. The number of thioether (sulfide) groups is 4. The van der Waals surface area contributed by atoms with Crippen LogP contribution < -0.4 is 0 Å². The lowest BCUT2D eigenvalue weighted by Gasteiger charge is -2.36. The van der Waals surface area contributed by atoms with Crippen LogP contribution in [0.25, 0.3) is 0 Å². The quantitative estimate of drug-likeness (QED) is 0.0339. The molecule has 336 valence electrons. The minimum atomic E-state index is -1.67. The van der Waals surface area contributed by atoms with Gasteiger partial charge < -0.3 is 18.9 Å². The van der Waals surface area contributed by atoms with E-state index < -0.39 is 40.4 Å². The van der Waals surface area contributed by atoms with E-state index in [-0.39, 0.29) is 23.9 Å². The van der Waals surface area contributed by atoms with E-state index in [2.05, 4.69) is 52.4 Å². The van der Waals surface area contributed by atoms with Crippen LogP contribution in [-0.4, -0.2) is 135 Å². The van der Waals surface area contributed by atoms with Crippen LogP contribution in [0.1, 0.15) is 53.4 Å². The van der Waals surface area contributed by atoms with Gasteiger partial charge in [-0.1, -0.05) is 126 Å². The normalized spacial score (nSPS) is 12.7. The largest absolute Gasteiger partial charge is 0.465 e. The van der Waals surface area contributed by atoms with Gasteiger partial charge in [0.2, 0.25) is 0 Å². The Kier molecular flexibility index (Phi) is 31.4. The molecule has 0 radical (unpaired) electrons. The molecule has 0 atom stereocenters. The molecule has 0 aliphatic heterocycles. The summed E-state index contributed by atoms with van der Waals surface area (Å²) in [5.74, 6) is 1.43. The van der Waals surface area contributed by atoms with Crippen molar-refractivity contribution in [2.45, 2.75) is 154 Å². The smallest absolute Gasteiger partial charge is 0.315 e. The predicted octanol–water partition coefficient (Wildman–Crippen LogP) is 11.2. The Bertz CT molecular complexity index is 974. The first-order chi connectivity index (χ1) is 26.6. The van der Waals surface area contributed by atoms with E-state index in [1.54, 1.807) is 47.0 Å². The van der Waals surface area contributed by atoms with Crippen LogP contribution in [0.4, 0.5) is 0 Å². The Morgan fingerprint density at radius 1 is 0.351 bits per heavy atom. The third-order valence-electron chi connectivity index (χ3n) is 10.3. The summed E-state index contributed by atoms with van der Waals surface area (Å²) in [5, 5.41) is 4.37. The molecule has 0 fully saturated rings. The molecule has 0 aromatic heterocycles. The van der Waals surface area contributed by atoms with E-state index in [1.807, 2.05) is 27.7 Å². The molecule has 0 unspecified atom stereocenters. The minimum absolute atomic E-state index is 0.0963. The fourth-order valence-electron chi connectivity index (χ4n) is 7.26. The third kappa shape index (κ3) is 31.8. The molecule has 0 amide bonds.